The van der Waals surface area contributed by atoms with Crippen molar-refractivity contribution in [1.82, 2.24) is 21.3 Å². The van der Waals surface area contributed by atoms with Crippen molar-refractivity contribution in [2.45, 2.75) is 118 Å². The Hall–Kier alpha value is -2.59. The van der Waals surface area contributed by atoms with Crippen molar-refractivity contribution in [3.05, 3.63) is 34.9 Å². The number of aryl methyl sites for hydroxylation is 1. The van der Waals surface area contributed by atoms with Gasteiger partial charge in [-0.05, 0) is 94.4 Å². The van der Waals surface area contributed by atoms with Gasteiger partial charge in [-0.25, -0.2) is 0 Å². The van der Waals surface area contributed by atoms with E-state index in [1.54, 1.807) is 24.8 Å². The minimum atomic E-state index is -1.00. The van der Waals surface area contributed by atoms with Crippen molar-refractivity contribution in [1.29, 1.82) is 0 Å². The average molecular weight is 621 g/mol. The summed E-state index contributed by atoms with van der Waals surface area (Å²) in [7, 11) is 0. The largest absolute Gasteiger partial charge is 0.391 e. The lowest BCUT2D eigenvalue weighted by Crippen LogP contribution is -2.54. The van der Waals surface area contributed by atoms with Crippen LogP contribution < -0.4 is 21.3 Å². The Morgan fingerprint density at radius 1 is 0.767 bits per heavy atom. The van der Waals surface area contributed by atoms with Crippen LogP contribution in [0.1, 0.15) is 95.6 Å². The number of carbonyl (C=O) groups is 4. The number of thioether (sulfide) groups is 1. The van der Waals surface area contributed by atoms with E-state index in [0.717, 1.165) is 11.1 Å². The van der Waals surface area contributed by atoms with Gasteiger partial charge in [-0.15, -0.1) is 0 Å². The Labute approximate surface area is 263 Å². The molecule has 5 atom stereocenters. The molecule has 43 heavy (non-hydrogen) atoms. The number of benzene rings is 1. The maximum absolute atomic E-state index is 13.5. The summed E-state index contributed by atoms with van der Waals surface area (Å²) >= 11 is 1.58. The van der Waals surface area contributed by atoms with E-state index in [2.05, 4.69) is 21.3 Å². The lowest BCUT2D eigenvalue weighted by molar-refractivity contribution is -0.132. The molecule has 0 saturated carbocycles. The molecule has 0 aromatic heterocycles. The summed E-state index contributed by atoms with van der Waals surface area (Å²) in [4.78, 5) is 52.5. The number of rotatable bonds is 18. The van der Waals surface area contributed by atoms with E-state index in [-0.39, 0.29) is 47.9 Å². The Morgan fingerprint density at radius 3 is 1.93 bits per heavy atom. The summed E-state index contributed by atoms with van der Waals surface area (Å²) in [6.07, 6.45) is 2.47. The molecule has 0 unspecified atom stereocenters. The smallest absolute Gasteiger partial charge is 0.252 e. The van der Waals surface area contributed by atoms with Gasteiger partial charge >= 0.3 is 0 Å². The highest BCUT2D eigenvalue weighted by atomic mass is 32.2. The van der Waals surface area contributed by atoms with Crippen molar-refractivity contribution >= 4 is 35.4 Å². The Morgan fingerprint density at radius 2 is 1.37 bits per heavy atom. The molecule has 9 nitrogen and oxygen atoms in total. The SMILES string of the molecule is CSCC[C@H](NC(=O)c1cccc(C)c1C)C(=O)N[C@@H](CC(C)C)[C@@H](O)C[C@@H](C)C(=O)N[C@@H](CC(C)C)C(=O)NC(C)C. The summed E-state index contributed by atoms with van der Waals surface area (Å²) in [6.45, 7) is 17.3. The molecule has 4 amide bonds. The summed E-state index contributed by atoms with van der Waals surface area (Å²) < 4.78 is 0. The molecule has 5 N–H and O–H groups in total. The molecular weight excluding hydrogens is 564 g/mol. The first-order valence-electron chi connectivity index (χ1n) is 15.5. The fourth-order valence-electron chi connectivity index (χ4n) is 4.88. The highest BCUT2D eigenvalue weighted by Crippen LogP contribution is 2.18. The summed E-state index contributed by atoms with van der Waals surface area (Å²) in [6, 6.07) is 3.39. The van der Waals surface area contributed by atoms with Crippen molar-refractivity contribution in [3.63, 3.8) is 0 Å². The van der Waals surface area contributed by atoms with Crippen molar-refractivity contribution in [2.75, 3.05) is 12.0 Å². The molecule has 1 aromatic rings. The first kappa shape index (κ1) is 38.4. The monoisotopic (exact) mass is 620 g/mol. The van der Waals surface area contributed by atoms with E-state index < -0.39 is 30.1 Å². The minimum absolute atomic E-state index is 0.0518. The van der Waals surface area contributed by atoms with E-state index in [1.165, 1.54) is 0 Å². The Kier molecular flexibility index (Phi) is 16.9. The van der Waals surface area contributed by atoms with Crippen LogP contribution in [-0.4, -0.2) is 71.0 Å². The standard InChI is InChI=1S/C33H56N4O5S/c1-19(2)16-27(29(38)18-23(8)30(39)37-28(17-20(3)4)33(42)34-21(5)6)36-32(41)26(14-15-43-10)35-31(40)25-13-11-12-22(7)24(25)9/h11-13,19-21,23,26-29,38H,14-18H2,1-10H3,(H,34,42)(H,35,40)(H,36,41)(H,37,39)/t23-,26+,27+,28+,29+/m1/s1. The van der Waals surface area contributed by atoms with E-state index in [9.17, 15) is 24.3 Å². The molecule has 0 heterocycles. The van der Waals surface area contributed by atoms with Crippen molar-refractivity contribution in [3.8, 4) is 0 Å². The molecule has 0 aliphatic rings. The fraction of sp³-hybridized carbons (Fsp3) is 0.697. The topological polar surface area (TPSA) is 137 Å². The van der Waals surface area contributed by atoms with Crippen molar-refractivity contribution in [2.24, 2.45) is 17.8 Å². The molecule has 0 spiro atoms. The van der Waals surface area contributed by atoms with Gasteiger partial charge in [0.1, 0.15) is 12.1 Å². The van der Waals surface area contributed by atoms with Crippen LogP contribution in [0.5, 0.6) is 0 Å². The Bertz CT molecular complexity index is 1060. The number of aliphatic hydroxyl groups excluding tert-OH is 1. The van der Waals surface area contributed by atoms with Gasteiger partial charge in [-0.3, -0.25) is 19.2 Å². The lowest BCUT2D eigenvalue weighted by Gasteiger charge is -2.30. The second kappa shape index (κ2) is 18.9. The van der Waals surface area contributed by atoms with Crippen LogP contribution in [0.3, 0.4) is 0 Å². The fourth-order valence-corrected chi connectivity index (χ4v) is 5.35. The highest BCUT2D eigenvalue weighted by Gasteiger charge is 2.31. The van der Waals surface area contributed by atoms with Crippen LogP contribution >= 0.6 is 11.8 Å². The predicted molar refractivity (Wildman–Crippen MR) is 176 cm³/mol. The second-order valence-electron chi connectivity index (χ2n) is 12.9. The molecular formula is C33H56N4O5S. The number of hydrogen-bond acceptors (Lipinski definition) is 6. The van der Waals surface area contributed by atoms with Crippen LogP contribution in [0.25, 0.3) is 0 Å². The predicted octanol–water partition coefficient (Wildman–Crippen LogP) is 4.13. The van der Waals surface area contributed by atoms with Gasteiger partial charge in [0.25, 0.3) is 5.91 Å². The normalized spacial score (nSPS) is 15.0. The van der Waals surface area contributed by atoms with Gasteiger partial charge in [0.15, 0.2) is 0 Å². The average Bonchev–Trinajstić information content (AvgIpc) is 2.90. The van der Waals surface area contributed by atoms with Crippen LogP contribution in [0.15, 0.2) is 18.2 Å². The van der Waals surface area contributed by atoms with Crippen LogP contribution in [0.4, 0.5) is 0 Å². The number of nitrogens with one attached hydrogen (secondary N) is 4. The van der Waals surface area contributed by atoms with Crippen molar-refractivity contribution < 1.29 is 24.3 Å². The van der Waals surface area contributed by atoms with Gasteiger partial charge in [0.05, 0.1) is 12.1 Å². The maximum atomic E-state index is 13.5. The first-order valence-corrected chi connectivity index (χ1v) is 16.9. The first-order chi connectivity index (χ1) is 20.1. The Balaban J connectivity index is 3.02. The van der Waals surface area contributed by atoms with Gasteiger partial charge in [0, 0.05) is 17.5 Å². The second-order valence-corrected chi connectivity index (χ2v) is 13.8. The molecule has 0 radical (unpaired) electrons. The molecule has 0 saturated heterocycles. The summed E-state index contributed by atoms with van der Waals surface area (Å²) in [5.41, 5.74) is 2.38. The molecule has 1 rings (SSSR count). The highest BCUT2D eigenvalue weighted by molar-refractivity contribution is 7.98. The lowest BCUT2D eigenvalue weighted by atomic mass is 9.91. The molecule has 244 valence electrons. The number of amides is 4. The van der Waals surface area contributed by atoms with E-state index in [0.29, 0.717) is 30.6 Å². The summed E-state index contributed by atoms with van der Waals surface area (Å²) in [5, 5.41) is 22.9. The zero-order chi connectivity index (χ0) is 32.9. The van der Waals surface area contributed by atoms with E-state index >= 15 is 0 Å². The maximum Gasteiger partial charge on any atom is 0.252 e. The van der Waals surface area contributed by atoms with E-state index in [4.69, 9.17) is 0 Å². The molecule has 0 bridgehead atoms. The summed E-state index contributed by atoms with van der Waals surface area (Å²) in [5.74, 6) is -0.799. The minimum Gasteiger partial charge on any atom is -0.391 e. The quantitative estimate of drug-likeness (QED) is 0.167. The zero-order valence-electron chi connectivity index (χ0n) is 27.9. The third kappa shape index (κ3) is 13.7. The molecule has 0 fully saturated rings. The number of carbonyl (C=O) groups excluding carboxylic acids is 4. The molecule has 0 aliphatic carbocycles. The molecule has 0 aliphatic heterocycles. The third-order valence-electron chi connectivity index (χ3n) is 7.41. The van der Waals surface area contributed by atoms with Crippen LogP contribution in [-0.2, 0) is 14.4 Å². The van der Waals surface area contributed by atoms with Gasteiger partial charge < -0.3 is 26.4 Å². The number of aliphatic hydroxyl groups is 1. The molecule has 10 heteroatoms. The number of hydrogen-bond donors (Lipinski definition) is 5. The van der Waals surface area contributed by atoms with Gasteiger partial charge in [-0.2, -0.15) is 11.8 Å². The molecule has 1 aromatic carbocycles. The van der Waals surface area contributed by atoms with Crippen LogP contribution in [0.2, 0.25) is 0 Å². The van der Waals surface area contributed by atoms with Gasteiger partial charge in [0.2, 0.25) is 17.7 Å². The third-order valence-corrected chi connectivity index (χ3v) is 8.06. The zero-order valence-corrected chi connectivity index (χ0v) is 28.7. The van der Waals surface area contributed by atoms with E-state index in [1.807, 2.05) is 73.8 Å². The van der Waals surface area contributed by atoms with Crippen LogP contribution in [0, 0.1) is 31.6 Å². The van der Waals surface area contributed by atoms with Gasteiger partial charge in [-0.1, -0.05) is 46.8 Å².